The number of benzene rings is 1. The molecule has 0 bridgehead atoms. The second kappa shape index (κ2) is 6.34. The maximum atomic E-state index is 12.2. The van der Waals surface area contributed by atoms with Gasteiger partial charge in [-0.25, -0.2) is 9.48 Å². The van der Waals surface area contributed by atoms with E-state index in [1.54, 1.807) is 0 Å². The molecule has 1 aromatic carbocycles. The molecule has 0 amide bonds. The summed E-state index contributed by atoms with van der Waals surface area (Å²) in [5.41, 5.74) is 6.81. The second-order valence-corrected chi connectivity index (χ2v) is 5.64. The van der Waals surface area contributed by atoms with Crippen LogP contribution in [-0.2, 0) is 11.2 Å². The molecule has 0 atom stereocenters. The molecule has 0 aliphatic carbocycles. The Hall–Kier alpha value is -2.10. The third kappa shape index (κ3) is 2.78. The van der Waals surface area contributed by atoms with E-state index < -0.39 is 0 Å². The highest BCUT2D eigenvalue weighted by molar-refractivity contribution is 5.92. The number of aryl methyl sites for hydroxylation is 4. The molecule has 0 saturated heterocycles. The van der Waals surface area contributed by atoms with E-state index in [0.717, 1.165) is 28.2 Å². The zero-order valence-corrected chi connectivity index (χ0v) is 14.3. The normalized spacial score (nSPS) is 10.8. The SMILES string of the molecule is CCOC(=O)c1c(CC)nn(-c2c(C)cc(C)cc2C)c1C. The number of rotatable bonds is 4. The second-order valence-electron chi connectivity index (χ2n) is 5.64. The predicted molar refractivity (Wildman–Crippen MR) is 87.8 cm³/mol. The van der Waals surface area contributed by atoms with Gasteiger partial charge in [-0.05, 0) is 52.2 Å². The van der Waals surface area contributed by atoms with E-state index in [1.807, 2.05) is 25.5 Å². The van der Waals surface area contributed by atoms with Gasteiger partial charge in [0.2, 0.25) is 0 Å². The minimum absolute atomic E-state index is 0.287. The maximum absolute atomic E-state index is 12.2. The Morgan fingerprint density at radius 2 is 1.73 bits per heavy atom. The van der Waals surface area contributed by atoms with Crippen molar-refractivity contribution in [2.24, 2.45) is 0 Å². The molecule has 0 aliphatic heterocycles. The van der Waals surface area contributed by atoms with Gasteiger partial charge in [0.25, 0.3) is 0 Å². The number of hydrogen-bond acceptors (Lipinski definition) is 3. The van der Waals surface area contributed by atoms with Crippen molar-refractivity contribution in [3.8, 4) is 5.69 Å². The fourth-order valence-electron chi connectivity index (χ4n) is 3.00. The average Bonchev–Trinajstić information content (AvgIpc) is 2.75. The van der Waals surface area contributed by atoms with Crippen molar-refractivity contribution in [1.29, 1.82) is 0 Å². The van der Waals surface area contributed by atoms with Gasteiger partial charge in [0.15, 0.2) is 0 Å². The molecule has 1 aromatic heterocycles. The Labute approximate surface area is 132 Å². The van der Waals surface area contributed by atoms with E-state index in [0.29, 0.717) is 18.6 Å². The zero-order valence-electron chi connectivity index (χ0n) is 14.3. The summed E-state index contributed by atoms with van der Waals surface area (Å²) in [6, 6.07) is 4.28. The van der Waals surface area contributed by atoms with Gasteiger partial charge in [0, 0.05) is 0 Å². The molecule has 0 saturated carbocycles. The molecule has 0 fully saturated rings. The quantitative estimate of drug-likeness (QED) is 0.806. The fraction of sp³-hybridized carbons (Fsp3) is 0.444. The maximum Gasteiger partial charge on any atom is 0.341 e. The van der Waals surface area contributed by atoms with E-state index in [4.69, 9.17) is 4.74 Å². The predicted octanol–water partition coefficient (Wildman–Crippen LogP) is 3.85. The third-order valence-electron chi connectivity index (χ3n) is 3.85. The summed E-state index contributed by atoms with van der Waals surface area (Å²) < 4.78 is 7.07. The van der Waals surface area contributed by atoms with Crippen molar-refractivity contribution >= 4 is 5.97 Å². The Kier molecular flexibility index (Phi) is 4.69. The van der Waals surface area contributed by atoms with E-state index >= 15 is 0 Å². The van der Waals surface area contributed by atoms with Crippen LogP contribution in [0, 0.1) is 27.7 Å². The zero-order chi connectivity index (χ0) is 16.4. The molecule has 0 radical (unpaired) electrons. The third-order valence-corrected chi connectivity index (χ3v) is 3.85. The average molecular weight is 300 g/mol. The molecular formula is C18H24N2O2. The summed E-state index contributed by atoms with van der Waals surface area (Å²) in [4.78, 5) is 12.2. The number of hydrogen-bond donors (Lipinski definition) is 0. The van der Waals surface area contributed by atoms with Crippen molar-refractivity contribution in [2.75, 3.05) is 6.61 Å². The lowest BCUT2D eigenvalue weighted by molar-refractivity contribution is 0.0524. The van der Waals surface area contributed by atoms with Crippen molar-refractivity contribution in [2.45, 2.75) is 48.0 Å². The van der Waals surface area contributed by atoms with Crippen LogP contribution in [0.4, 0.5) is 0 Å². The highest BCUT2D eigenvalue weighted by atomic mass is 16.5. The standard InChI is InChI=1S/C18H24N2O2/c1-7-15-16(18(21)22-8-2)14(6)20(19-15)17-12(4)9-11(3)10-13(17)5/h9-10H,7-8H2,1-6H3. The van der Waals surface area contributed by atoms with E-state index in [-0.39, 0.29) is 5.97 Å². The highest BCUT2D eigenvalue weighted by Gasteiger charge is 2.23. The first-order valence-corrected chi connectivity index (χ1v) is 7.74. The Balaban J connectivity index is 2.66. The first-order valence-electron chi connectivity index (χ1n) is 7.74. The molecule has 2 rings (SSSR count). The first-order chi connectivity index (χ1) is 10.4. The lowest BCUT2D eigenvalue weighted by Gasteiger charge is -2.13. The summed E-state index contributed by atoms with van der Waals surface area (Å²) in [7, 11) is 0. The number of carbonyl (C=O) groups excluding carboxylic acids is 1. The van der Waals surface area contributed by atoms with Gasteiger partial charge in [-0.3, -0.25) is 0 Å². The monoisotopic (exact) mass is 300 g/mol. The smallest absolute Gasteiger partial charge is 0.341 e. The highest BCUT2D eigenvalue weighted by Crippen LogP contribution is 2.25. The van der Waals surface area contributed by atoms with E-state index in [2.05, 4.69) is 38.0 Å². The summed E-state index contributed by atoms with van der Waals surface area (Å²) in [6.45, 7) is 12.4. The van der Waals surface area contributed by atoms with Gasteiger partial charge in [0.1, 0.15) is 5.56 Å². The van der Waals surface area contributed by atoms with Crippen LogP contribution in [0.2, 0.25) is 0 Å². The molecule has 118 valence electrons. The Morgan fingerprint density at radius 1 is 1.14 bits per heavy atom. The van der Waals surface area contributed by atoms with Gasteiger partial charge in [-0.15, -0.1) is 0 Å². The summed E-state index contributed by atoms with van der Waals surface area (Å²) in [5.74, 6) is -0.287. The van der Waals surface area contributed by atoms with Crippen molar-refractivity contribution in [1.82, 2.24) is 9.78 Å². The number of carbonyl (C=O) groups is 1. The molecule has 0 aliphatic rings. The summed E-state index contributed by atoms with van der Waals surface area (Å²) in [5, 5.41) is 4.67. The summed E-state index contributed by atoms with van der Waals surface area (Å²) in [6.07, 6.45) is 0.700. The lowest BCUT2D eigenvalue weighted by Crippen LogP contribution is -2.09. The van der Waals surface area contributed by atoms with E-state index in [9.17, 15) is 4.79 Å². The molecule has 4 heteroatoms. The van der Waals surface area contributed by atoms with Gasteiger partial charge in [0.05, 0.1) is 23.7 Å². The van der Waals surface area contributed by atoms with Crippen LogP contribution in [0.1, 0.15) is 52.3 Å². The topological polar surface area (TPSA) is 44.1 Å². The van der Waals surface area contributed by atoms with Crippen LogP contribution in [0.25, 0.3) is 5.69 Å². The van der Waals surface area contributed by atoms with Crippen molar-refractivity contribution < 1.29 is 9.53 Å². The molecule has 0 N–H and O–H groups in total. The van der Waals surface area contributed by atoms with Gasteiger partial charge >= 0.3 is 5.97 Å². The number of esters is 1. The van der Waals surface area contributed by atoms with Gasteiger partial charge < -0.3 is 4.74 Å². The number of nitrogens with zero attached hydrogens (tertiary/aromatic N) is 2. The number of ether oxygens (including phenoxy) is 1. The summed E-state index contributed by atoms with van der Waals surface area (Å²) >= 11 is 0. The minimum atomic E-state index is -0.287. The van der Waals surface area contributed by atoms with Crippen LogP contribution in [0.5, 0.6) is 0 Å². The molecule has 4 nitrogen and oxygen atoms in total. The van der Waals surface area contributed by atoms with Crippen LogP contribution in [-0.4, -0.2) is 22.4 Å². The van der Waals surface area contributed by atoms with E-state index in [1.165, 1.54) is 5.56 Å². The van der Waals surface area contributed by atoms with Crippen molar-refractivity contribution in [3.63, 3.8) is 0 Å². The van der Waals surface area contributed by atoms with Crippen LogP contribution in [0.15, 0.2) is 12.1 Å². The Bertz CT molecular complexity index is 691. The molecule has 1 heterocycles. The van der Waals surface area contributed by atoms with Crippen LogP contribution >= 0.6 is 0 Å². The molecule has 22 heavy (non-hydrogen) atoms. The molecule has 0 unspecified atom stereocenters. The molecule has 2 aromatic rings. The van der Waals surface area contributed by atoms with Crippen LogP contribution in [0.3, 0.4) is 0 Å². The van der Waals surface area contributed by atoms with Gasteiger partial charge in [-0.2, -0.15) is 5.10 Å². The first kappa shape index (κ1) is 16.3. The largest absolute Gasteiger partial charge is 0.462 e. The fourth-order valence-corrected chi connectivity index (χ4v) is 3.00. The number of aromatic nitrogens is 2. The lowest BCUT2D eigenvalue weighted by atomic mass is 10.0. The van der Waals surface area contributed by atoms with Crippen molar-refractivity contribution in [3.05, 3.63) is 45.8 Å². The van der Waals surface area contributed by atoms with Crippen LogP contribution < -0.4 is 0 Å². The minimum Gasteiger partial charge on any atom is -0.462 e. The molecular weight excluding hydrogens is 276 g/mol. The molecule has 0 spiro atoms. The Morgan fingerprint density at radius 3 is 2.23 bits per heavy atom. The van der Waals surface area contributed by atoms with Gasteiger partial charge in [-0.1, -0.05) is 24.6 Å².